The summed E-state index contributed by atoms with van der Waals surface area (Å²) in [5.41, 5.74) is 0.165. The van der Waals surface area contributed by atoms with Crippen molar-refractivity contribution in [3.8, 4) is 0 Å². The Labute approximate surface area is 100 Å². The molecule has 96 valence electrons. The molecule has 1 unspecified atom stereocenters. The maximum absolute atomic E-state index is 9.59. The zero-order valence-corrected chi connectivity index (χ0v) is 11.1. The SMILES string of the molecule is CC(CN(C)C)NCC1(CO)CCCCC1. The van der Waals surface area contributed by atoms with Gasteiger partial charge in [0.05, 0.1) is 0 Å². The summed E-state index contributed by atoms with van der Waals surface area (Å²) in [7, 11) is 4.20. The second-order valence-corrected chi connectivity index (χ2v) is 5.76. The van der Waals surface area contributed by atoms with Gasteiger partial charge in [-0.3, -0.25) is 0 Å². The van der Waals surface area contributed by atoms with E-state index >= 15 is 0 Å². The van der Waals surface area contributed by atoms with E-state index in [2.05, 4.69) is 31.2 Å². The van der Waals surface area contributed by atoms with Crippen molar-refractivity contribution in [2.75, 3.05) is 33.8 Å². The molecule has 1 aliphatic rings. The largest absolute Gasteiger partial charge is 0.396 e. The first kappa shape index (κ1) is 13.9. The summed E-state index contributed by atoms with van der Waals surface area (Å²) in [6.45, 7) is 4.59. The van der Waals surface area contributed by atoms with E-state index in [-0.39, 0.29) is 5.41 Å². The Hall–Kier alpha value is -0.120. The van der Waals surface area contributed by atoms with Crippen LogP contribution in [0.5, 0.6) is 0 Å². The molecule has 0 bridgehead atoms. The lowest BCUT2D eigenvalue weighted by atomic mass is 9.74. The van der Waals surface area contributed by atoms with Gasteiger partial charge >= 0.3 is 0 Å². The summed E-state index contributed by atoms with van der Waals surface area (Å²) in [5.74, 6) is 0. The topological polar surface area (TPSA) is 35.5 Å². The summed E-state index contributed by atoms with van der Waals surface area (Å²) in [6, 6.07) is 0.500. The van der Waals surface area contributed by atoms with Crippen molar-refractivity contribution in [1.29, 1.82) is 0 Å². The van der Waals surface area contributed by atoms with Gasteiger partial charge in [0.1, 0.15) is 0 Å². The van der Waals surface area contributed by atoms with Crippen molar-refractivity contribution in [2.24, 2.45) is 5.41 Å². The Morgan fingerprint density at radius 2 is 1.88 bits per heavy atom. The monoisotopic (exact) mass is 228 g/mol. The van der Waals surface area contributed by atoms with Crippen molar-refractivity contribution in [2.45, 2.75) is 45.1 Å². The molecule has 3 heteroatoms. The molecular formula is C13H28N2O. The van der Waals surface area contributed by atoms with E-state index in [1.807, 2.05) is 0 Å². The summed E-state index contributed by atoms with van der Waals surface area (Å²) >= 11 is 0. The van der Waals surface area contributed by atoms with Gasteiger partial charge in [0, 0.05) is 31.2 Å². The molecule has 2 N–H and O–H groups in total. The van der Waals surface area contributed by atoms with Crippen molar-refractivity contribution in [3.63, 3.8) is 0 Å². The molecule has 0 aromatic rings. The molecule has 0 amide bonds. The summed E-state index contributed by atoms with van der Waals surface area (Å²) < 4.78 is 0. The molecular weight excluding hydrogens is 200 g/mol. The fraction of sp³-hybridized carbons (Fsp3) is 1.00. The smallest absolute Gasteiger partial charge is 0.0499 e. The molecule has 0 heterocycles. The Morgan fingerprint density at radius 1 is 1.25 bits per heavy atom. The molecule has 0 aromatic heterocycles. The van der Waals surface area contributed by atoms with E-state index in [1.165, 1.54) is 32.1 Å². The third kappa shape index (κ3) is 4.40. The first-order valence-corrected chi connectivity index (χ1v) is 6.57. The molecule has 0 radical (unpaired) electrons. The van der Waals surface area contributed by atoms with E-state index in [1.54, 1.807) is 0 Å². The van der Waals surface area contributed by atoms with E-state index in [4.69, 9.17) is 0 Å². The van der Waals surface area contributed by atoms with Crippen LogP contribution >= 0.6 is 0 Å². The number of hydrogen-bond donors (Lipinski definition) is 2. The maximum atomic E-state index is 9.59. The normalized spacial score (nSPS) is 22.3. The van der Waals surface area contributed by atoms with Crippen LogP contribution in [0.2, 0.25) is 0 Å². The van der Waals surface area contributed by atoms with Gasteiger partial charge in [0.25, 0.3) is 0 Å². The van der Waals surface area contributed by atoms with Crippen LogP contribution in [0.15, 0.2) is 0 Å². The number of nitrogens with one attached hydrogen (secondary N) is 1. The Morgan fingerprint density at radius 3 is 2.38 bits per heavy atom. The van der Waals surface area contributed by atoms with Crippen LogP contribution in [0.4, 0.5) is 0 Å². The van der Waals surface area contributed by atoms with E-state index in [0.717, 1.165) is 13.1 Å². The number of rotatable bonds is 6. The molecule has 3 nitrogen and oxygen atoms in total. The van der Waals surface area contributed by atoms with Crippen molar-refractivity contribution in [3.05, 3.63) is 0 Å². The van der Waals surface area contributed by atoms with Crippen LogP contribution in [0.1, 0.15) is 39.0 Å². The van der Waals surface area contributed by atoms with Crippen LogP contribution in [0, 0.1) is 5.41 Å². The van der Waals surface area contributed by atoms with Gasteiger partial charge in [-0.05, 0) is 33.9 Å². The molecule has 0 aliphatic heterocycles. The highest BCUT2D eigenvalue weighted by molar-refractivity contribution is 4.85. The minimum atomic E-state index is 0.165. The highest BCUT2D eigenvalue weighted by Crippen LogP contribution is 2.35. The van der Waals surface area contributed by atoms with E-state index < -0.39 is 0 Å². The third-order valence-corrected chi connectivity index (χ3v) is 3.71. The lowest BCUT2D eigenvalue weighted by Gasteiger charge is -2.37. The molecule has 1 aliphatic carbocycles. The predicted octanol–water partition coefficient (Wildman–Crippen LogP) is 1.47. The predicted molar refractivity (Wildman–Crippen MR) is 68.6 cm³/mol. The highest BCUT2D eigenvalue weighted by Gasteiger charge is 2.31. The van der Waals surface area contributed by atoms with Gasteiger partial charge in [0.2, 0.25) is 0 Å². The van der Waals surface area contributed by atoms with Crippen LogP contribution in [0.3, 0.4) is 0 Å². The first-order chi connectivity index (χ1) is 7.58. The Balaban J connectivity index is 2.32. The van der Waals surface area contributed by atoms with Crippen molar-refractivity contribution in [1.82, 2.24) is 10.2 Å². The zero-order valence-electron chi connectivity index (χ0n) is 11.1. The highest BCUT2D eigenvalue weighted by atomic mass is 16.3. The number of hydrogen-bond acceptors (Lipinski definition) is 3. The number of aliphatic hydroxyl groups is 1. The van der Waals surface area contributed by atoms with Gasteiger partial charge < -0.3 is 15.3 Å². The van der Waals surface area contributed by atoms with Gasteiger partial charge in [-0.1, -0.05) is 19.3 Å². The van der Waals surface area contributed by atoms with Crippen LogP contribution in [0.25, 0.3) is 0 Å². The lowest BCUT2D eigenvalue weighted by molar-refractivity contribution is 0.0778. The lowest BCUT2D eigenvalue weighted by Crippen LogP contribution is -2.45. The average Bonchev–Trinajstić information content (AvgIpc) is 2.27. The molecule has 1 rings (SSSR count). The summed E-state index contributed by atoms with van der Waals surface area (Å²) in [4.78, 5) is 2.20. The van der Waals surface area contributed by atoms with Gasteiger partial charge in [-0.25, -0.2) is 0 Å². The van der Waals surface area contributed by atoms with Crippen LogP contribution in [-0.4, -0.2) is 49.8 Å². The first-order valence-electron chi connectivity index (χ1n) is 6.57. The van der Waals surface area contributed by atoms with Crippen LogP contribution in [-0.2, 0) is 0 Å². The van der Waals surface area contributed by atoms with Gasteiger partial charge in [-0.2, -0.15) is 0 Å². The third-order valence-electron chi connectivity index (χ3n) is 3.71. The van der Waals surface area contributed by atoms with Crippen molar-refractivity contribution >= 4 is 0 Å². The minimum Gasteiger partial charge on any atom is -0.396 e. The van der Waals surface area contributed by atoms with Crippen molar-refractivity contribution < 1.29 is 5.11 Å². The van der Waals surface area contributed by atoms with E-state index in [0.29, 0.717) is 12.6 Å². The maximum Gasteiger partial charge on any atom is 0.0499 e. The van der Waals surface area contributed by atoms with Crippen LogP contribution < -0.4 is 5.32 Å². The zero-order chi connectivity index (χ0) is 12.0. The quantitative estimate of drug-likeness (QED) is 0.722. The second kappa shape index (κ2) is 6.58. The number of aliphatic hydroxyl groups excluding tert-OH is 1. The molecule has 0 saturated heterocycles. The molecule has 1 atom stereocenters. The average molecular weight is 228 g/mol. The minimum absolute atomic E-state index is 0.165. The van der Waals surface area contributed by atoms with Gasteiger partial charge in [0.15, 0.2) is 0 Å². The molecule has 0 spiro atoms. The Kier molecular flexibility index (Phi) is 5.73. The summed E-state index contributed by atoms with van der Waals surface area (Å²) in [6.07, 6.45) is 6.28. The summed E-state index contributed by atoms with van der Waals surface area (Å²) in [5, 5.41) is 13.2. The van der Waals surface area contributed by atoms with E-state index in [9.17, 15) is 5.11 Å². The Bertz CT molecular complexity index is 188. The molecule has 1 saturated carbocycles. The molecule has 0 aromatic carbocycles. The number of nitrogens with zero attached hydrogens (tertiary/aromatic N) is 1. The fourth-order valence-corrected chi connectivity index (χ4v) is 2.70. The fourth-order valence-electron chi connectivity index (χ4n) is 2.70. The number of likely N-dealkylation sites (N-methyl/N-ethyl adjacent to an activating group) is 1. The second-order valence-electron chi connectivity index (χ2n) is 5.76. The standard InChI is InChI=1S/C13H28N2O/c1-12(9-15(2)3)14-10-13(11-16)7-5-4-6-8-13/h12,14,16H,4-11H2,1-3H3. The van der Waals surface area contributed by atoms with Gasteiger partial charge in [-0.15, -0.1) is 0 Å². The molecule has 16 heavy (non-hydrogen) atoms. The molecule has 1 fully saturated rings.